The highest BCUT2D eigenvalue weighted by Gasteiger charge is 2.29. The normalized spacial score (nSPS) is 13.9. The van der Waals surface area contributed by atoms with Gasteiger partial charge in [0.2, 0.25) is 5.91 Å². The predicted octanol–water partition coefficient (Wildman–Crippen LogP) is 3.68. The Morgan fingerprint density at radius 3 is 2.56 bits per heavy atom. The lowest BCUT2D eigenvalue weighted by Crippen LogP contribution is -2.31. The zero-order valence-corrected chi connectivity index (χ0v) is 15.7. The van der Waals surface area contributed by atoms with Crippen molar-refractivity contribution in [3.8, 4) is 0 Å². The molecule has 0 aromatic heterocycles. The smallest absolute Gasteiger partial charge is 0.289 e. The van der Waals surface area contributed by atoms with Crippen LogP contribution in [-0.4, -0.2) is 39.2 Å². The summed E-state index contributed by atoms with van der Waals surface area (Å²) in [5, 5.41) is -0.266. The second kappa shape index (κ2) is 8.35. The first kappa shape index (κ1) is 19.1. The van der Waals surface area contributed by atoms with Gasteiger partial charge in [-0.1, -0.05) is 36.0 Å². The Balaban J connectivity index is 1.75. The number of hydrogen-bond donors (Lipinski definition) is 0. The minimum atomic E-state index is -0.337. The van der Waals surface area contributed by atoms with E-state index in [0.29, 0.717) is 29.8 Å². The average molecular weight is 386 g/mol. The molecular formula is C20H19FN2O3S. The van der Waals surface area contributed by atoms with Crippen molar-refractivity contribution in [2.24, 2.45) is 0 Å². The molecule has 1 heterocycles. The van der Waals surface area contributed by atoms with E-state index in [4.69, 9.17) is 0 Å². The van der Waals surface area contributed by atoms with Crippen molar-refractivity contribution in [3.05, 3.63) is 71.0 Å². The van der Waals surface area contributed by atoms with Gasteiger partial charge in [-0.25, -0.2) is 4.39 Å². The third kappa shape index (κ3) is 4.54. The monoisotopic (exact) mass is 386 g/mol. The largest absolute Gasteiger partial charge is 0.335 e. The second-order valence-electron chi connectivity index (χ2n) is 6.18. The molecule has 0 atom stereocenters. The van der Waals surface area contributed by atoms with Gasteiger partial charge in [-0.15, -0.1) is 0 Å². The number of nitrogens with zero attached hydrogens (tertiary/aromatic N) is 2. The topological polar surface area (TPSA) is 57.7 Å². The van der Waals surface area contributed by atoms with Crippen LogP contribution in [-0.2, 0) is 17.9 Å². The summed E-state index contributed by atoms with van der Waals surface area (Å²) >= 11 is 0.986. The van der Waals surface area contributed by atoms with Crippen molar-refractivity contribution in [2.75, 3.05) is 12.3 Å². The standard InChI is InChI=1S/C20H19FN2O3S/c1-2-22(11-15-6-4-8-17(21)10-15)19(25)16-7-3-5-14(9-16)12-23-18(24)13-27-20(23)26/h3-10H,2,11-13H2,1H3. The molecule has 1 saturated heterocycles. The number of carbonyl (C=O) groups is 3. The highest BCUT2D eigenvalue weighted by Crippen LogP contribution is 2.22. The van der Waals surface area contributed by atoms with E-state index in [0.717, 1.165) is 11.8 Å². The predicted molar refractivity (Wildman–Crippen MR) is 102 cm³/mol. The second-order valence-corrected chi connectivity index (χ2v) is 7.11. The molecule has 1 aliphatic rings. The highest BCUT2D eigenvalue weighted by molar-refractivity contribution is 8.14. The lowest BCUT2D eigenvalue weighted by Gasteiger charge is -2.22. The fourth-order valence-corrected chi connectivity index (χ4v) is 3.61. The van der Waals surface area contributed by atoms with Crippen molar-refractivity contribution < 1.29 is 18.8 Å². The minimum absolute atomic E-state index is 0.155. The molecule has 140 valence electrons. The molecule has 0 aliphatic carbocycles. The maximum absolute atomic E-state index is 13.4. The molecule has 0 saturated carbocycles. The summed E-state index contributed by atoms with van der Waals surface area (Å²) in [5.41, 5.74) is 1.90. The van der Waals surface area contributed by atoms with Crippen LogP contribution in [0.3, 0.4) is 0 Å². The number of amides is 3. The zero-order valence-electron chi connectivity index (χ0n) is 14.9. The van der Waals surface area contributed by atoms with E-state index in [-0.39, 0.29) is 35.2 Å². The molecule has 5 nitrogen and oxygen atoms in total. The van der Waals surface area contributed by atoms with Gasteiger partial charge in [-0.2, -0.15) is 0 Å². The summed E-state index contributed by atoms with van der Waals surface area (Å²) in [5.74, 6) is -0.578. The van der Waals surface area contributed by atoms with Crippen molar-refractivity contribution in [1.29, 1.82) is 0 Å². The molecule has 2 aromatic carbocycles. The van der Waals surface area contributed by atoms with Crippen molar-refractivity contribution in [2.45, 2.75) is 20.0 Å². The van der Waals surface area contributed by atoms with Crippen LogP contribution in [0.5, 0.6) is 0 Å². The first-order chi connectivity index (χ1) is 13.0. The number of rotatable bonds is 6. The van der Waals surface area contributed by atoms with Crippen molar-refractivity contribution in [1.82, 2.24) is 9.80 Å². The van der Waals surface area contributed by atoms with E-state index in [1.54, 1.807) is 41.3 Å². The lowest BCUT2D eigenvalue weighted by molar-refractivity contribution is -0.125. The average Bonchev–Trinajstić information content (AvgIpc) is 2.98. The summed E-state index contributed by atoms with van der Waals surface area (Å²) in [6.45, 7) is 2.79. The Morgan fingerprint density at radius 1 is 1.15 bits per heavy atom. The molecule has 1 aliphatic heterocycles. The maximum Gasteiger partial charge on any atom is 0.289 e. The Bertz CT molecular complexity index is 871. The number of benzene rings is 2. The molecular weight excluding hydrogens is 367 g/mol. The SMILES string of the molecule is CCN(Cc1cccc(F)c1)C(=O)c1cccc(CN2C(=O)CSC2=O)c1. The maximum atomic E-state index is 13.4. The Hall–Kier alpha value is -2.67. The van der Waals surface area contributed by atoms with Gasteiger partial charge < -0.3 is 4.90 Å². The molecule has 0 unspecified atom stereocenters. The van der Waals surface area contributed by atoms with Gasteiger partial charge in [0, 0.05) is 18.7 Å². The van der Waals surface area contributed by atoms with Crippen LogP contribution in [0.2, 0.25) is 0 Å². The fourth-order valence-electron chi connectivity index (χ4n) is 2.88. The van der Waals surface area contributed by atoms with Gasteiger partial charge in [-0.3, -0.25) is 19.3 Å². The highest BCUT2D eigenvalue weighted by atomic mass is 32.2. The van der Waals surface area contributed by atoms with Gasteiger partial charge in [0.15, 0.2) is 0 Å². The Labute approximate surface area is 161 Å². The molecule has 0 bridgehead atoms. The quantitative estimate of drug-likeness (QED) is 0.760. The molecule has 0 N–H and O–H groups in total. The van der Waals surface area contributed by atoms with Gasteiger partial charge in [0.05, 0.1) is 12.3 Å². The summed E-state index contributed by atoms with van der Waals surface area (Å²) < 4.78 is 13.4. The molecule has 27 heavy (non-hydrogen) atoms. The van der Waals surface area contributed by atoms with Crippen LogP contribution in [0, 0.1) is 5.82 Å². The van der Waals surface area contributed by atoms with Crippen molar-refractivity contribution in [3.63, 3.8) is 0 Å². The number of imide groups is 1. The number of hydrogen-bond acceptors (Lipinski definition) is 4. The molecule has 2 aromatic rings. The van der Waals surface area contributed by atoms with Gasteiger partial charge in [0.25, 0.3) is 11.1 Å². The summed E-state index contributed by atoms with van der Waals surface area (Å²) in [7, 11) is 0. The number of thioether (sulfide) groups is 1. The molecule has 3 amide bonds. The zero-order chi connectivity index (χ0) is 19.4. The van der Waals surface area contributed by atoms with E-state index in [9.17, 15) is 18.8 Å². The van der Waals surface area contributed by atoms with E-state index < -0.39 is 0 Å². The van der Waals surface area contributed by atoms with E-state index in [1.165, 1.54) is 17.0 Å². The number of carbonyl (C=O) groups excluding carboxylic acids is 3. The lowest BCUT2D eigenvalue weighted by atomic mass is 10.1. The Morgan fingerprint density at radius 2 is 1.89 bits per heavy atom. The Kier molecular flexibility index (Phi) is 5.91. The summed E-state index contributed by atoms with van der Waals surface area (Å²) in [6, 6.07) is 13.1. The van der Waals surface area contributed by atoms with Crippen LogP contribution in [0.25, 0.3) is 0 Å². The summed E-state index contributed by atoms with van der Waals surface area (Å²) in [4.78, 5) is 39.2. The number of halogens is 1. The first-order valence-electron chi connectivity index (χ1n) is 8.57. The molecule has 7 heteroatoms. The fraction of sp³-hybridized carbons (Fsp3) is 0.250. The third-order valence-corrected chi connectivity index (χ3v) is 5.15. The van der Waals surface area contributed by atoms with Crippen LogP contribution in [0.4, 0.5) is 9.18 Å². The van der Waals surface area contributed by atoms with Gasteiger partial charge in [-0.05, 0) is 42.3 Å². The van der Waals surface area contributed by atoms with Crippen LogP contribution >= 0.6 is 11.8 Å². The van der Waals surface area contributed by atoms with E-state index >= 15 is 0 Å². The van der Waals surface area contributed by atoms with Gasteiger partial charge in [0.1, 0.15) is 5.82 Å². The van der Waals surface area contributed by atoms with E-state index in [1.807, 2.05) is 6.92 Å². The first-order valence-corrected chi connectivity index (χ1v) is 9.56. The summed E-state index contributed by atoms with van der Waals surface area (Å²) in [6.07, 6.45) is 0. The van der Waals surface area contributed by atoms with Crippen LogP contribution in [0.15, 0.2) is 48.5 Å². The van der Waals surface area contributed by atoms with E-state index in [2.05, 4.69) is 0 Å². The van der Waals surface area contributed by atoms with Crippen LogP contribution < -0.4 is 0 Å². The molecule has 3 rings (SSSR count). The van der Waals surface area contributed by atoms with Gasteiger partial charge >= 0.3 is 0 Å². The molecule has 0 spiro atoms. The van der Waals surface area contributed by atoms with Crippen molar-refractivity contribution >= 4 is 28.8 Å². The molecule has 1 fully saturated rings. The third-order valence-electron chi connectivity index (χ3n) is 4.29. The van der Waals surface area contributed by atoms with Crippen LogP contribution in [0.1, 0.15) is 28.4 Å². The minimum Gasteiger partial charge on any atom is -0.335 e. The molecule has 0 radical (unpaired) electrons.